The van der Waals surface area contributed by atoms with Gasteiger partial charge in [0.2, 0.25) is 0 Å². The van der Waals surface area contributed by atoms with Crippen molar-refractivity contribution >= 4 is 11.3 Å². The molecule has 2 aromatic carbocycles. The van der Waals surface area contributed by atoms with Gasteiger partial charge in [0.15, 0.2) is 0 Å². The zero-order chi connectivity index (χ0) is 18.8. The largest absolute Gasteiger partial charge is 0.496 e. The van der Waals surface area contributed by atoms with E-state index in [1.807, 2.05) is 30.3 Å². The van der Waals surface area contributed by atoms with E-state index in [2.05, 4.69) is 26.8 Å². The molecule has 3 aromatic rings. The van der Waals surface area contributed by atoms with Crippen LogP contribution in [0.1, 0.15) is 16.7 Å². The molecule has 0 N–H and O–H groups in total. The second-order valence-corrected chi connectivity index (χ2v) is 7.22. The van der Waals surface area contributed by atoms with E-state index in [9.17, 15) is 0 Å². The molecule has 1 heterocycles. The summed E-state index contributed by atoms with van der Waals surface area (Å²) in [5.41, 5.74) is 5.85. The number of methoxy groups -OCH3 is 3. The summed E-state index contributed by atoms with van der Waals surface area (Å²) < 4.78 is 16.9. The van der Waals surface area contributed by atoms with Crippen LogP contribution in [0.25, 0.3) is 20.9 Å². The predicted octanol–water partition coefficient (Wildman–Crippen LogP) is 6.03. The van der Waals surface area contributed by atoms with Gasteiger partial charge >= 0.3 is 0 Å². The topological polar surface area (TPSA) is 27.7 Å². The number of thiophene rings is 1. The van der Waals surface area contributed by atoms with Crippen LogP contribution in [0.2, 0.25) is 0 Å². The Kier molecular flexibility index (Phi) is 5.23. The first-order valence-corrected chi connectivity index (χ1v) is 9.30. The average molecular weight is 368 g/mol. The van der Waals surface area contributed by atoms with Crippen LogP contribution in [0.15, 0.2) is 36.4 Å². The van der Waals surface area contributed by atoms with E-state index in [4.69, 9.17) is 14.2 Å². The Hall–Kier alpha value is -2.46. The van der Waals surface area contributed by atoms with Gasteiger partial charge in [0.05, 0.1) is 26.9 Å². The van der Waals surface area contributed by atoms with Crippen LogP contribution >= 0.6 is 11.3 Å². The zero-order valence-electron chi connectivity index (χ0n) is 16.1. The summed E-state index contributed by atoms with van der Waals surface area (Å²) in [4.78, 5) is 2.39. The highest BCUT2D eigenvalue weighted by Crippen LogP contribution is 2.49. The van der Waals surface area contributed by atoms with Gasteiger partial charge in [0, 0.05) is 15.3 Å². The molecule has 0 atom stereocenters. The van der Waals surface area contributed by atoms with Gasteiger partial charge in [-0.05, 0) is 55.7 Å². The third kappa shape index (κ3) is 2.95. The number of ether oxygens (including phenoxy) is 3. The maximum atomic E-state index is 5.64. The van der Waals surface area contributed by atoms with Crippen LogP contribution in [0.5, 0.6) is 17.2 Å². The molecule has 0 aliphatic carbocycles. The lowest BCUT2D eigenvalue weighted by molar-refractivity contribution is 0.397. The molecule has 0 bridgehead atoms. The second kappa shape index (κ2) is 7.42. The average Bonchev–Trinajstić information content (AvgIpc) is 2.95. The van der Waals surface area contributed by atoms with Crippen LogP contribution < -0.4 is 14.2 Å². The number of aryl methyl sites for hydroxylation is 1. The summed E-state index contributed by atoms with van der Waals surface area (Å²) in [6.45, 7) is 6.44. The monoisotopic (exact) mass is 368 g/mol. The van der Waals surface area contributed by atoms with Crippen LogP contribution in [0.3, 0.4) is 0 Å². The highest BCUT2D eigenvalue weighted by Gasteiger charge is 2.22. The Morgan fingerprint density at radius 1 is 0.615 bits per heavy atom. The van der Waals surface area contributed by atoms with Crippen molar-refractivity contribution in [2.45, 2.75) is 20.8 Å². The molecule has 0 aliphatic rings. The maximum Gasteiger partial charge on any atom is 0.131 e. The third-order valence-electron chi connectivity index (χ3n) is 4.78. The first-order valence-electron chi connectivity index (χ1n) is 8.48. The fourth-order valence-electron chi connectivity index (χ4n) is 3.25. The van der Waals surface area contributed by atoms with Gasteiger partial charge in [-0.2, -0.15) is 0 Å². The first kappa shape index (κ1) is 18.3. The van der Waals surface area contributed by atoms with Gasteiger partial charge in [-0.15, -0.1) is 11.3 Å². The minimum Gasteiger partial charge on any atom is -0.496 e. The van der Waals surface area contributed by atoms with E-state index in [1.165, 1.54) is 21.6 Å². The van der Waals surface area contributed by atoms with E-state index < -0.39 is 0 Å². The summed E-state index contributed by atoms with van der Waals surface area (Å²) in [6, 6.07) is 12.1. The number of hydrogen-bond donors (Lipinski definition) is 0. The molecule has 0 spiro atoms. The van der Waals surface area contributed by atoms with Gasteiger partial charge in [-0.3, -0.25) is 0 Å². The summed E-state index contributed by atoms with van der Waals surface area (Å²) >= 11 is 1.76. The van der Waals surface area contributed by atoms with E-state index >= 15 is 0 Å². The lowest BCUT2D eigenvalue weighted by Crippen LogP contribution is -1.92. The van der Waals surface area contributed by atoms with Gasteiger partial charge in [-0.25, -0.2) is 0 Å². The van der Waals surface area contributed by atoms with E-state index in [0.29, 0.717) is 0 Å². The normalized spacial score (nSPS) is 10.7. The Morgan fingerprint density at radius 3 is 1.54 bits per heavy atom. The smallest absolute Gasteiger partial charge is 0.131 e. The number of rotatable bonds is 5. The molecule has 0 amide bonds. The Balaban J connectivity index is 2.29. The summed E-state index contributed by atoms with van der Waals surface area (Å²) in [5.74, 6) is 2.53. The molecular weight excluding hydrogens is 344 g/mol. The highest BCUT2D eigenvalue weighted by atomic mass is 32.1. The fraction of sp³-hybridized carbons (Fsp3) is 0.273. The van der Waals surface area contributed by atoms with Crippen LogP contribution in [0.4, 0.5) is 0 Å². The van der Waals surface area contributed by atoms with Crippen molar-refractivity contribution in [3.63, 3.8) is 0 Å². The van der Waals surface area contributed by atoms with Crippen molar-refractivity contribution in [2.75, 3.05) is 21.3 Å². The molecule has 0 unspecified atom stereocenters. The van der Waals surface area contributed by atoms with Crippen molar-refractivity contribution in [2.24, 2.45) is 0 Å². The van der Waals surface area contributed by atoms with Crippen molar-refractivity contribution in [1.29, 1.82) is 0 Å². The molecule has 0 aliphatic heterocycles. The molecular formula is C22H24O3S. The van der Waals surface area contributed by atoms with Gasteiger partial charge in [0.25, 0.3) is 0 Å². The van der Waals surface area contributed by atoms with Crippen molar-refractivity contribution in [3.8, 4) is 38.1 Å². The van der Waals surface area contributed by atoms with Crippen molar-refractivity contribution < 1.29 is 14.2 Å². The van der Waals surface area contributed by atoms with Crippen LogP contribution in [0, 0.1) is 20.8 Å². The van der Waals surface area contributed by atoms with Gasteiger partial charge < -0.3 is 14.2 Å². The molecule has 4 heteroatoms. The quantitative estimate of drug-likeness (QED) is 0.550. The predicted molar refractivity (Wildman–Crippen MR) is 109 cm³/mol. The molecule has 1 aromatic heterocycles. The zero-order valence-corrected chi connectivity index (χ0v) is 16.9. The minimum atomic E-state index is 0.817. The molecule has 0 fully saturated rings. The van der Waals surface area contributed by atoms with E-state index in [1.54, 1.807) is 32.7 Å². The fourth-order valence-corrected chi connectivity index (χ4v) is 4.73. The Labute approximate surface area is 159 Å². The Morgan fingerprint density at radius 2 is 1.04 bits per heavy atom. The molecule has 0 saturated heterocycles. The van der Waals surface area contributed by atoms with Crippen LogP contribution in [-0.2, 0) is 0 Å². The maximum absolute atomic E-state index is 5.64. The molecule has 3 nitrogen and oxygen atoms in total. The third-order valence-corrected chi connectivity index (χ3v) is 6.21. The lowest BCUT2D eigenvalue weighted by atomic mass is 10.00. The standard InChI is InChI=1S/C22H24O3S/c1-13-9-7-10-16(23-4)19(13)21-14(2)15(3)22(26-21)20-17(24-5)11-8-12-18(20)25-6/h7-12H,1-6H3. The summed E-state index contributed by atoms with van der Waals surface area (Å²) in [6.07, 6.45) is 0. The van der Waals surface area contributed by atoms with E-state index in [0.717, 1.165) is 33.3 Å². The summed E-state index contributed by atoms with van der Waals surface area (Å²) in [7, 11) is 5.11. The first-order chi connectivity index (χ1) is 12.5. The lowest BCUT2D eigenvalue weighted by Gasteiger charge is -2.12. The van der Waals surface area contributed by atoms with Gasteiger partial charge in [-0.1, -0.05) is 18.2 Å². The van der Waals surface area contributed by atoms with Crippen molar-refractivity contribution in [1.82, 2.24) is 0 Å². The summed E-state index contributed by atoms with van der Waals surface area (Å²) in [5, 5.41) is 0. The molecule has 0 radical (unpaired) electrons. The minimum absolute atomic E-state index is 0.817. The molecule has 26 heavy (non-hydrogen) atoms. The van der Waals surface area contributed by atoms with Crippen molar-refractivity contribution in [3.05, 3.63) is 53.1 Å². The second-order valence-electron chi connectivity index (χ2n) is 6.20. The Bertz CT molecular complexity index is 919. The highest BCUT2D eigenvalue weighted by molar-refractivity contribution is 7.19. The van der Waals surface area contributed by atoms with E-state index in [-0.39, 0.29) is 0 Å². The van der Waals surface area contributed by atoms with Crippen LogP contribution in [-0.4, -0.2) is 21.3 Å². The SMILES string of the molecule is COc1cccc(C)c1-c1sc(-c2c(OC)cccc2OC)c(C)c1C. The number of hydrogen-bond acceptors (Lipinski definition) is 4. The number of benzene rings is 2. The van der Waals surface area contributed by atoms with Gasteiger partial charge in [0.1, 0.15) is 17.2 Å². The molecule has 3 rings (SSSR count). The molecule has 136 valence electrons. The molecule has 0 saturated carbocycles.